The first kappa shape index (κ1) is 19.6. The van der Waals surface area contributed by atoms with Crippen LogP contribution in [0.1, 0.15) is 16.8 Å². The van der Waals surface area contributed by atoms with Crippen molar-refractivity contribution in [2.75, 3.05) is 20.3 Å². The number of aromatic hydroxyl groups is 1. The van der Waals surface area contributed by atoms with E-state index in [4.69, 9.17) is 14.2 Å². The van der Waals surface area contributed by atoms with Gasteiger partial charge in [0.15, 0.2) is 11.5 Å². The molecule has 4 aromatic carbocycles. The Bertz CT molecular complexity index is 1200. The van der Waals surface area contributed by atoms with Gasteiger partial charge in [0.1, 0.15) is 5.75 Å². The van der Waals surface area contributed by atoms with Gasteiger partial charge in [-0.25, -0.2) is 4.79 Å². The van der Waals surface area contributed by atoms with Crippen LogP contribution < -0.4 is 9.47 Å². The van der Waals surface area contributed by atoms with E-state index in [9.17, 15) is 9.90 Å². The number of phenols is 1. The number of hydrogen-bond acceptors (Lipinski definition) is 5. The zero-order chi connectivity index (χ0) is 20.9. The van der Waals surface area contributed by atoms with E-state index in [1.807, 2.05) is 54.6 Å². The number of esters is 1. The summed E-state index contributed by atoms with van der Waals surface area (Å²) >= 11 is 0. The molecule has 0 aliphatic rings. The van der Waals surface area contributed by atoms with Crippen molar-refractivity contribution in [2.45, 2.75) is 6.42 Å². The molecule has 0 saturated heterocycles. The van der Waals surface area contributed by atoms with Gasteiger partial charge in [-0.2, -0.15) is 0 Å². The molecule has 0 aliphatic heterocycles. The van der Waals surface area contributed by atoms with E-state index in [0.29, 0.717) is 36.7 Å². The van der Waals surface area contributed by atoms with Crippen LogP contribution in [0.4, 0.5) is 0 Å². The average Bonchev–Trinajstić information content (AvgIpc) is 2.78. The monoisotopic (exact) mass is 402 g/mol. The minimum atomic E-state index is -0.402. The van der Waals surface area contributed by atoms with Gasteiger partial charge in [-0.1, -0.05) is 48.5 Å². The number of carbonyl (C=O) groups is 1. The number of hydrogen-bond donors (Lipinski definition) is 1. The van der Waals surface area contributed by atoms with E-state index in [1.54, 1.807) is 18.2 Å². The number of ether oxygens (including phenoxy) is 3. The van der Waals surface area contributed by atoms with Crippen molar-refractivity contribution in [2.24, 2.45) is 0 Å². The fourth-order valence-electron chi connectivity index (χ4n) is 3.38. The fraction of sp³-hybridized carbons (Fsp3) is 0.160. The average molecular weight is 402 g/mol. The summed E-state index contributed by atoms with van der Waals surface area (Å²) in [7, 11) is 1.36. The summed E-state index contributed by atoms with van der Waals surface area (Å²) in [4.78, 5) is 11.9. The van der Waals surface area contributed by atoms with Gasteiger partial charge < -0.3 is 19.3 Å². The number of methoxy groups -OCH3 is 1. The molecule has 0 aromatic heterocycles. The van der Waals surface area contributed by atoms with Crippen LogP contribution in [0.15, 0.2) is 72.8 Å². The number of fused-ring (bicyclic) bond motifs is 2. The Morgan fingerprint density at radius 1 is 0.800 bits per heavy atom. The third-order valence-corrected chi connectivity index (χ3v) is 4.88. The molecule has 0 radical (unpaired) electrons. The highest BCUT2D eigenvalue weighted by atomic mass is 16.5. The molecule has 5 nitrogen and oxygen atoms in total. The molecule has 0 aliphatic carbocycles. The van der Waals surface area contributed by atoms with E-state index < -0.39 is 5.97 Å². The van der Waals surface area contributed by atoms with E-state index in [1.165, 1.54) is 7.11 Å². The molecule has 0 fully saturated rings. The third kappa shape index (κ3) is 4.15. The highest BCUT2D eigenvalue weighted by molar-refractivity contribution is 5.98. The number of carbonyl (C=O) groups excluding carboxylic acids is 1. The predicted octanol–water partition coefficient (Wildman–Crippen LogP) is 5.33. The summed E-state index contributed by atoms with van der Waals surface area (Å²) in [5.74, 6) is 0.793. The zero-order valence-corrected chi connectivity index (χ0v) is 16.6. The van der Waals surface area contributed by atoms with Crippen LogP contribution in [0.2, 0.25) is 0 Å². The van der Waals surface area contributed by atoms with E-state index in [-0.39, 0.29) is 5.75 Å². The molecule has 30 heavy (non-hydrogen) atoms. The molecule has 0 bridgehead atoms. The van der Waals surface area contributed by atoms with Gasteiger partial charge in [-0.15, -0.1) is 0 Å². The van der Waals surface area contributed by atoms with Crippen LogP contribution in [0.3, 0.4) is 0 Å². The zero-order valence-electron chi connectivity index (χ0n) is 16.6. The summed E-state index contributed by atoms with van der Waals surface area (Å²) in [5, 5.41) is 14.0. The standard InChI is InChI=1S/C25H22O5/c1-28-25(27)20-13-19-9-4-5-10-21(19)23(16-20)29-11-6-12-30-24-15-18-8-3-2-7-17(18)14-22(24)26/h2-5,7-10,13-16,26H,6,11-12H2,1H3. The van der Waals surface area contributed by atoms with Gasteiger partial charge in [0, 0.05) is 11.8 Å². The van der Waals surface area contributed by atoms with Crippen LogP contribution in [0.5, 0.6) is 17.2 Å². The van der Waals surface area contributed by atoms with Gasteiger partial charge in [0.05, 0.1) is 25.9 Å². The van der Waals surface area contributed by atoms with Gasteiger partial charge in [-0.3, -0.25) is 0 Å². The molecule has 0 amide bonds. The van der Waals surface area contributed by atoms with Crippen LogP contribution in [0, 0.1) is 0 Å². The molecule has 4 aromatic rings. The van der Waals surface area contributed by atoms with Gasteiger partial charge in [0.25, 0.3) is 0 Å². The Kier molecular flexibility index (Phi) is 5.70. The second kappa shape index (κ2) is 8.74. The van der Waals surface area contributed by atoms with Crippen LogP contribution in [-0.2, 0) is 4.74 Å². The lowest BCUT2D eigenvalue weighted by Gasteiger charge is -2.12. The van der Waals surface area contributed by atoms with Crippen molar-refractivity contribution in [3.63, 3.8) is 0 Å². The SMILES string of the molecule is COC(=O)c1cc(OCCCOc2cc3ccccc3cc2O)c2ccccc2c1. The third-order valence-electron chi connectivity index (χ3n) is 4.88. The van der Waals surface area contributed by atoms with Crippen LogP contribution in [0.25, 0.3) is 21.5 Å². The highest BCUT2D eigenvalue weighted by Gasteiger charge is 2.11. The van der Waals surface area contributed by atoms with E-state index >= 15 is 0 Å². The van der Waals surface area contributed by atoms with Gasteiger partial charge >= 0.3 is 5.97 Å². The number of rotatable bonds is 7. The second-order valence-electron chi connectivity index (χ2n) is 6.90. The van der Waals surface area contributed by atoms with E-state index in [0.717, 1.165) is 21.5 Å². The summed E-state index contributed by atoms with van der Waals surface area (Å²) in [6.45, 7) is 0.795. The topological polar surface area (TPSA) is 65.0 Å². The molecular formula is C25H22O5. The van der Waals surface area contributed by atoms with Crippen molar-refractivity contribution in [3.05, 3.63) is 78.4 Å². The lowest BCUT2D eigenvalue weighted by Crippen LogP contribution is -2.07. The second-order valence-corrected chi connectivity index (χ2v) is 6.90. The summed E-state index contributed by atoms with van der Waals surface area (Å²) in [5.41, 5.74) is 0.448. The van der Waals surface area contributed by atoms with Crippen molar-refractivity contribution < 1.29 is 24.1 Å². The summed E-state index contributed by atoms with van der Waals surface area (Å²) in [6, 6.07) is 22.5. The summed E-state index contributed by atoms with van der Waals surface area (Å²) < 4.78 is 16.5. The number of benzene rings is 4. The normalized spacial score (nSPS) is 10.8. The maximum Gasteiger partial charge on any atom is 0.338 e. The molecule has 0 atom stereocenters. The molecule has 0 unspecified atom stereocenters. The van der Waals surface area contributed by atoms with Crippen molar-refractivity contribution in [1.82, 2.24) is 0 Å². The highest BCUT2D eigenvalue weighted by Crippen LogP contribution is 2.31. The Labute approximate surface area is 174 Å². The lowest BCUT2D eigenvalue weighted by molar-refractivity contribution is 0.0600. The molecule has 4 rings (SSSR count). The Balaban J connectivity index is 1.41. The molecule has 5 heteroatoms. The number of phenolic OH excluding ortho intramolecular Hbond substituents is 1. The molecule has 1 N–H and O–H groups in total. The lowest BCUT2D eigenvalue weighted by atomic mass is 10.1. The minimum absolute atomic E-state index is 0.117. The molecule has 152 valence electrons. The van der Waals surface area contributed by atoms with Gasteiger partial charge in [-0.05, 0) is 40.4 Å². The fourth-order valence-corrected chi connectivity index (χ4v) is 3.38. The molecule has 0 heterocycles. The van der Waals surface area contributed by atoms with Gasteiger partial charge in [0.2, 0.25) is 0 Å². The molecule has 0 saturated carbocycles. The first-order chi connectivity index (χ1) is 14.7. The largest absolute Gasteiger partial charge is 0.504 e. The van der Waals surface area contributed by atoms with Crippen molar-refractivity contribution in [1.29, 1.82) is 0 Å². The Morgan fingerprint density at radius 3 is 2.17 bits per heavy atom. The van der Waals surface area contributed by atoms with Crippen molar-refractivity contribution in [3.8, 4) is 17.2 Å². The van der Waals surface area contributed by atoms with Crippen LogP contribution in [-0.4, -0.2) is 31.4 Å². The molecular weight excluding hydrogens is 380 g/mol. The maximum atomic E-state index is 11.9. The Hall–Kier alpha value is -3.73. The van der Waals surface area contributed by atoms with Crippen molar-refractivity contribution >= 4 is 27.5 Å². The first-order valence-corrected chi connectivity index (χ1v) is 9.74. The molecule has 0 spiro atoms. The van der Waals surface area contributed by atoms with Crippen LogP contribution >= 0.6 is 0 Å². The maximum absolute atomic E-state index is 11.9. The predicted molar refractivity (Wildman–Crippen MR) is 117 cm³/mol. The summed E-state index contributed by atoms with van der Waals surface area (Å²) in [6.07, 6.45) is 0.614. The smallest absolute Gasteiger partial charge is 0.338 e. The quantitative estimate of drug-likeness (QED) is 0.334. The van der Waals surface area contributed by atoms with E-state index in [2.05, 4.69) is 0 Å². The Morgan fingerprint density at radius 2 is 1.43 bits per heavy atom. The minimum Gasteiger partial charge on any atom is -0.504 e. The first-order valence-electron chi connectivity index (χ1n) is 9.74.